The zero-order valence-corrected chi connectivity index (χ0v) is 10.6. The first kappa shape index (κ1) is 12.7. The lowest BCUT2D eigenvalue weighted by molar-refractivity contribution is 0.276. The molecule has 0 aliphatic heterocycles. The summed E-state index contributed by atoms with van der Waals surface area (Å²) in [7, 11) is 0. The van der Waals surface area contributed by atoms with Crippen molar-refractivity contribution in [3.63, 3.8) is 0 Å². The Labute approximate surface area is 99.8 Å². The van der Waals surface area contributed by atoms with Crippen LogP contribution < -0.4 is 5.32 Å². The normalized spacial score (nSPS) is 12.7. The van der Waals surface area contributed by atoms with E-state index in [1.165, 1.54) is 5.56 Å². The van der Waals surface area contributed by atoms with E-state index in [0.717, 1.165) is 23.9 Å². The van der Waals surface area contributed by atoms with Gasteiger partial charge in [0.15, 0.2) is 0 Å². The van der Waals surface area contributed by atoms with Crippen molar-refractivity contribution in [3.05, 3.63) is 34.3 Å². The van der Waals surface area contributed by atoms with Crippen LogP contribution in [-0.4, -0.2) is 17.8 Å². The van der Waals surface area contributed by atoms with Gasteiger partial charge in [-0.25, -0.2) is 0 Å². The van der Waals surface area contributed by atoms with Gasteiger partial charge in [0.1, 0.15) is 0 Å². The first-order valence-electron chi connectivity index (χ1n) is 5.31. The molecule has 0 aliphatic carbocycles. The van der Waals surface area contributed by atoms with Crippen molar-refractivity contribution < 1.29 is 5.11 Å². The maximum Gasteiger partial charge on any atom is 0.0431 e. The van der Waals surface area contributed by atoms with E-state index in [1.807, 2.05) is 0 Å². The summed E-state index contributed by atoms with van der Waals surface area (Å²) >= 11 is 3.41. The molecule has 1 rings (SSSR count). The molecule has 0 amide bonds. The van der Waals surface area contributed by atoms with Gasteiger partial charge in [0.05, 0.1) is 0 Å². The van der Waals surface area contributed by atoms with E-state index in [0.29, 0.717) is 6.04 Å². The maximum absolute atomic E-state index is 8.70. The van der Waals surface area contributed by atoms with Crippen LogP contribution in [0.3, 0.4) is 0 Å². The Balaban J connectivity index is 2.27. The van der Waals surface area contributed by atoms with Crippen molar-refractivity contribution >= 4 is 15.9 Å². The SMILES string of the molecule is C[C@@H](CCCO)NCc1ccc(Br)cc1. The lowest BCUT2D eigenvalue weighted by Crippen LogP contribution is -2.25. The Bertz CT molecular complexity index is 273. The quantitative estimate of drug-likeness (QED) is 0.834. The van der Waals surface area contributed by atoms with Gasteiger partial charge in [-0.05, 0) is 37.5 Å². The first-order valence-corrected chi connectivity index (χ1v) is 6.10. The number of hydrogen-bond acceptors (Lipinski definition) is 2. The highest BCUT2D eigenvalue weighted by molar-refractivity contribution is 9.10. The minimum Gasteiger partial charge on any atom is -0.396 e. The van der Waals surface area contributed by atoms with Crippen LogP contribution in [0, 0.1) is 0 Å². The van der Waals surface area contributed by atoms with Gasteiger partial charge in [0.25, 0.3) is 0 Å². The summed E-state index contributed by atoms with van der Waals surface area (Å²) in [6, 6.07) is 8.78. The van der Waals surface area contributed by atoms with Crippen LogP contribution in [0.1, 0.15) is 25.3 Å². The van der Waals surface area contributed by atoms with Gasteiger partial charge in [-0.3, -0.25) is 0 Å². The van der Waals surface area contributed by atoms with E-state index in [2.05, 4.69) is 52.4 Å². The smallest absolute Gasteiger partial charge is 0.0431 e. The number of halogens is 1. The molecule has 0 unspecified atom stereocenters. The van der Waals surface area contributed by atoms with E-state index in [-0.39, 0.29) is 6.61 Å². The predicted octanol–water partition coefficient (Wildman–Crippen LogP) is 2.70. The summed E-state index contributed by atoms with van der Waals surface area (Å²) in [5.41, 5.74) is 1.29. The summed E-state index contributed by atoms with van der Waals surface area (Å²) in [6.07, 6.45) is 1.89. The fourth-order valence-electron chi connectivity index (χ4n) is 1.39. The third-order valence-corrected chi connectivity index (χ3v) is 2.89. The molecule has 15 heavy (non-hydrogen) atoms. The maximum atomic E-state index is 8.70. The second-order valence-electron chi connectivity index (χ2n) is 3.77. The van der Waals surface area contributed by atoms with Gasteiger partial charge in [-0.15, -0.1) is 0 Å². The molecular formula is C12H18BrNO. The predicted molar refractivity (Wildman–Crippen MR) is 66.8 cm³/mol. The molecule has 3 heteroatoms. The molecule has 0 saturated carbocycles. The summed E-state index contributed by atoms with van der Waals surface area (Å²) < 4.78 is 1.11. The van der Waals surface area contributed by atoms with Crippen LogP contribution in [-0.2, 0) is 6.54 Å². The number of benzene rings is 1. The fourth-order valence-corrected chi connectivity index (χ4v) is 1.66. The van der Waals surface area contributed by atoms with Gasteiger partial charge < -0.3 is 10.4 Å². The molecule has 1 aromatic carbocycles. The van der Waals surface area contributed by atoms with Crippen molar-refractivity contribution in [2.75, 3.05) is 6.61 Å². The zero-order chi connectivity index (χ0) is 11.1. The van der Waals surface area contributed by atoms with E-state index in [1.54, 1.807) is 0 Å². The highest BCUT2D eigenvalue weighted by Crippen LogP contribution is 2.10. The lowest BCUT2D eigenvalue weighted by atomic mass is 10.1. The summed E-state index contributed by atoms with van der Waals surface area (Å²) in [5, 5.41) is 12.1. The minimum absolute atomic E-state index is 0.282. The summed E-state index contributed by atoms with van der Waals surface area (Å²) in [5.74, 6) is 0. The Morgan fingerprint density at radius 3 is 2.60 bits per heavy atom. The topological polar surface area (TPSA) is 32.3 Å². The molecule has 0 spiro atoms. The Hall–Kier alpha value is -0.380. The molecule has 1 atom stereocenters. The fraction of sp³-hybridized carbons (Fsp3) is 0.500. The van der Waals surface area contributed by atoms with Crippen molar-refractivity contribution in [1.29, 1.82) is 0 Å². The highest BCUT2D eigenvalue weighted by atomic mass is 79.9. The molecule has 0 aliphatic rings. The molecule has 0 heterocycles. The van der Waals surface area contributed by atoms with Crippen LogP contribution in [0.15, 0.2) is 28.7 Å². The van der Waals surface area contributed by atoms with Crippen molar-refractivity contribution in [2.24, 2.45) is 0 Å². The van der Waals surface area contributed by atoms with E-state index in [9.17, 15) is 0 Å². The van der Waals surface area contributed by atoms with Crippen LogP contribution in [0.25, 0.3) is 0 Å². The van der Waals surface area contributed by atoms with Crippen LogP contribution in [0.4, 0.5) is 0 Å². The lowest BCUT2D eigenvalue weighted by Gasteiger charge is -2.12. The van der Waals surface area contributed by atoms with Gasteiger partial charge in [0.2, 0.25) is 0 Å². The Kier molecular flexibility index (Phi) is 5.91. The number of aliphatic hydroxyl groups is 1. The molecule has 0 radical (unpaired) electrons. The average molecular weight is 272 g/mol. The number of hydrogen-bond donors (Lipinski definition) is 2. The first-order chi connectivity index (χ1) is 7.22. The van der Waals surface area contributed by atoms with Crippen LogP contribution in [0.2, 0.25) is 0 Å². The number of rotatable bonds is 6. The second-order valence-corrected chi connectivity index (χ2v) is 4.69. The molecule has 2 N–H and O–H groups in total. The van der Waals surface area contributed by atoms with E-state index < -0.39 is 0 Å². The Morgan fingerprint density at radius 1 is 1.33 bits per heavy atom. The van der Waals surface area contributed by atoms with Gasteiger partial charge >= 0.3 is 0 Å². The third kappa shape index (κ3) is 5.30. The average Bonchev–Trinajstić information content (AvgIpc) is 2.25. The van der Waals surface area contributed by atoms with Gasteiger partial charge in [0, 0.05) is 23.7 Å². The molecular weight excluding hydrogens is 254 g/mol. The Morgan fingerprint density at radius 2 is 2.00 bits per heavy atom. The molecule has 0 fully saturated rings. The number of aliphatic hydroxyl groups excluding tert-OH is 1. The van der Waals surface area contributed by atoms with Gasteiger partial charge in [-0.1, -0.05) is 28.1 Å². The molecule has 1 aromatic rings. The van der Waals surface area contributed by atoms with Crippen molar-refractivity contribution in [2.45, 2.75) is 32.4 Å². The number of nitrogens with one attached hydrogen (secondary N) is 1. The van der Waals surface area contributed by atoms with Crippen molar-refractivity contribution in [3.8, 4) is 0 Å². The molecule has 2 nitrogen and oxygen atoms in total. The molecule has 0 bridgehead atoms. The van der Waals surface area contributed by atoms with E-state index >= 15 is 0 Å². The molecule has 84 valence electrons. The molecule has 0 saturated heterocycles. The van der Waals surface area contributed by atoms with Crippen LogP contribution >= 0.6 is 15.9 Å². The zero-order valence-electron chi connectivity index (χ0n) is 9.04. The van der Waals surface area contributed by atoms with Crippen LogP contribution in [0.5, 0.6) is 0 Å². The summed E-state index contributed by atoms with van der Waals surface area (Å²) in [4.78, 5) is 0. The van der Waals surface area contributed by atoms with Crippen molar-refractivity contribution in [1.82, 2.24) is 5.32 Å². The third-order valence-electron chi connectivity index (χ3n) is 2.36. The largest absolute Gasteiger partial charge is 0.396 e. The highest BCUT2D eigenvalue weighted by Gasteiger charge is 2.00. The summed E-state index contributed by atoms with van der Waals surface area (Å²) in [6.45, 7) is 3.32. The second kappa shape index (κ2) is 6.99. The molecule has 0 aromatic heterocycles. The standard InChI is InChI=1S/C12H18BrNO/c1-10(3-2-8-15)14-9-11-4-6-12(13)7-5-11/h4-7,10,14-15H,2-3,8-9H2,1H3/t10-/m0/s1. The van der Waals surface area contributed by atoms with E-state index in [4.69, 9.17) is 5.11 Å². The van der Waals surface area contributed by atoms with Gasteiger partial charge in [-0.2, -0.15) is 0 Å². The minimum atomic E-state index is 0.282. The monoisotopic (exact) mass is 271 g/mol.